The Hall–Kier alpha value is -1.32. The van der Waals surface area contributed by atoms with Crippen LogP contribution in [-0.4, -0.2) is 10.9 Å². The zero-order valence-electron chi connectivity index (χ0n) is 11.3. The lowest BCUT2D eigenvalue weighted by Gasteiger charge is -2.22. The molecular formula is C16H20N2S. The molecule has 1 aromatic carbocycles. The maximum atomic E-state index is 6.11. The van der Waals surface area contributed by atoms with Crippen LogP contribution >= 0.6 is 11.3 Å². The smallest absolute Gasteiger partial charge is 0.0359 e. The van der Waals surface area contributed by atoms with Gasteiger partial charge in [0.25, 0.3) is 0 Å². The molecular weight excluding hydrogens is 252 g/mol. The number of rotatable bonds is 5. The van der Waals surface area contributed by atoms with E-state index in [4.69, 9.17) is 5.73 Å². The van der Waals surface area contributed by atoms with Crippen molar-refractivity contribution in [3.63, 3.8) is 0 Å². The molecule has 0 aliphatic heterocycles. The van der Waals surface area contributed by atoms with Crippen LogP contribution in [0.25, 0.3) is 0 Å². The van der Waals surface area contributed by atoms with Gasteiger partial charge >= 0.3 is 0 Å². The Morgan fingerprint density at radius 1 is 1.26 bits per heavy atom. The molecule has 0 amide bonds. The first-order valence-electron chi connectivity index (χ1n) is 6.82. The second kappa shape index (κ2) is 5.35. The maximum absolute atomic E-state index is 6.11. The van der Waals surface area contributed by atoms with Crippen molar-refractivity contribution in [1.82, 2.24) is 4.90 Å². The molecule has 3 heteroatoms. The van der Waals surface area contributed by atoms with Crippen LogP contribution < -0.4 is 5.73 Å². The van der Waals surface area contributed by atoms with Crippen LogP contribution in [0.15, 0.2) is 35.0 Å². The lowest BCUT2D eigenvalue weighted by molar-refractivity contribution is 0.246. The van der Waals surface area contributed by atoms with Gasteiger partial charge < -0.3 is 5.73 Å². The second-order valence-electron chi connectivity index (χ2n) is 5.47. The molecule has 0 saturated heterocycles. The molecule has 0 unspecified atom stereocenters. The molecule has 2 nitrogen and oxygen atoms in total. The van der Waals surface area contributed by atoms with E-state index in [1.807, 2.05) is 6.07 Å². The number of benzene rings is 1. The molecule has 100 valence electrons. The first-order chi connectivity index (χ1) is 9.22. The van der Waals surface area contributed by atoms with Gasteiger partial charge in [-0.1, -0.05) is 17.7 Å². The van der Waals surface area contributed by atoms with Gasteiger partial charge in [-0.2, -0.15) is 11.3 Å². The van der Waals surface area contributed by atoms with Gasteiger partial charge in [0.05, 0.1) is 0 Å². The number of nitrogens with two attached hydrogens (primary N) is 1. The summed E-state index contributed by atoms with van der Waals surface area (Å²) in [4.78, 5) is 2.56. The Labute approximate surface area is 118 Å². The Bertz CT molecular complexity index is 544. The van der Waals surface area contributed by atoms with Crippen molar-refractivity contribution in [3.05, 3.63) is 51.7 Å². The first-order valence-corrected chi connectivity index (χ1v) is 7.77. The molecule has 1 saturated carbocycles. The van der Waals surface area contributed by atoms with Gasteiger partial charge in [0.2, 0.25) is 0 Å². The predicted molar refractivity (Wildman–Crippen MR) is 82.2 cm³/mol. The highest BCUT2D eigenvalue weighted by Gasteiger charge is 2.29. The van der Waals surface area contributed by atoms with Crippen LogP contribution in [0, 0.1) is 6.92 Å². The van der Waals surface area contributed by atoms with Gasteiger partial charge in [0, 0.05) is 24.8 Å². The summed E-state index contributed by atoms with van der Waals surface area (Å²) in [5.74, 6) is 0. The van der Waals surface area contributed by atoms with Crippen LogP contribution in [-0.2, 0) is 13.1 Å². The fraction of sp³-hybridized carbons (Fsp3) is 0.375. The van der Waals surface area contributed by atoms with Crippen LogP contribution in [0.3, 0.4) is 0 Å². The van der Waals surface area contributed by atoms with Gasteiger partial charge in [-0.3, -0.25) is 4.90 Å². The maximum Gasteiger partial charge on any atom is 0.0359 e. The van der Waals surface area contributed by atoms with Gasteiger partial charge in [0.1, 0.15) is 0 Å². The van der Waals surface area contributed by atoms with E-state index in [1.165, 1.54) is 29.5 Å². The van der Waals surface area contributed by atoms with Gasteiger partial charge in [0.15, 0.2) is 0 Å². The van der Waals surface area contributed by atoms with E-state index in [1.54, 1.807) is 11.3 Å². The number of hydrogen-bond acceptors (Lipinski definition) is 3. The molecule has 1 fully saturated rings. The van der Waals surface area contributed by atoms with Crippen LogP contribution in [0.1, 0.15) is 29.5 Å². The number of thiophene rings is 1. The quantitative estimate of drug-likeness (QED) is 0.839. The number of anilines is 1. The van der Waals surface area contributed by atoms with E-state index >= 15 is 0 Å². The SMILES string of the molecule is Cc1ccc(N)c(CN(Cc2ccsc2)C2CC2)c1. The molecule has 0 radical (unpaired) electrons. The average Bonchev–Trinajstić information content (AvgIpc) is 3.12. The van der Waals surface area contributed by atoms with Crippen molar-refractivity contribution in [2.24, 2.45) is 0 Å². The average molecular weight is 272 g/mol. The van der Waals surface area contributed by atoms with Crippen LogP contribution in [0.4, 0.5) is 5.69 Å². The molecule has 0 atom stereocenters. The molecule has 2 N–H and O–H groups in total. The lowest BCUT2D eigenvalue weighted by atomic mass is 10.1. The Morgan fingerprint density at radius 2 is 2.11 bits per heavy atom. The Morgan fingerprint density at radius 3 is 2.79 bits per heavy atom. The van der Waals surface area contributed by atoms with E-state index < -0.39 is 0 Å². The highest BCUT2D eigenvalue weighted by Crippen LogP contribution is 2.31. The minimum Gasteiger partial charge on any atom is -0.398 e. The minimum atomic E-state index is 0.750. The molecule has 1 aromatic heterocycles. The summed E-state index contributed by atoms with van der Waals surface area (Å²) in [6.07, 6.45) is 2.66. The standard InChI is InChI=1S/C16H20N2S/c1-12-2-5-16(17)14(8-12)10-18(15-3-4-15)9-13-6-7-19-11-13/h2,5-8,11,15H,3-4,9-10,17H2,1H3. The van der Waals surface area contributed by atoms with E-state index in [2.05, 4.69) is 40.8 Å². The third kappa shape index (κ3) is 3.17. The van der Waals surface area contributed by atoms with Gasteiger partial charge in [-0.15, -0.1) is 0 Å². The normalized spacial score (nSPS) is 15.1. The van der Waals surface area contributed by atoms with Crippen LogP contribution in [0.5, 0.6) is 0 Å². The van der Waals surface area contributed by atoms with Crippen LogP contribution in [0.2, 0.25) is 0 Å². The van der Waals surface area contributed by atoms with E-state index in [0.717, 1.165) is 24.8 Å². The zero-order valence-corrected chi connectivity index (χ0v) is 12.1. The fourth-order valence-corrected chi connectivity index (χ4v) is 3.12. The van der Waals surface area contributed by atoms with Gasteiger partial charge in [-0.25, -0.2) is 0 Å². The van der Waals surface area contributed by atoms with Crippen molar-refractivity contribution >= 4 is 17.0 Å². The summed E-state index contributed by atoms with van der Waals surface area (Å²) < 4.78 is 0. The number of hydrogen-bond donors (Lipinski definition) is 1. The van der Waals surface area contributed by atoms with Crippen molar-refractivity contribution < 1.29 is 0 Å². The molecule has 2 aromatic rings. The summed E-state index contributed by atoms with van der Waals surface area (Å²) in [6.45, 7) is 4.14. The molecule has 0 spiro atoms. The first kappa shape index (κ1) is 12.7. The Balaban J connectivity index is 1.76. The number of aryl methyl sites for hydroxylation is 1. The van der Waals surface area contributed by atoms with E-state index in [0.29, 0.717) is 0 Å². The summed E-state index contributed by atoms with van der Waals surface area (Å²) in [6, 6.07) is 9.30. The third-order valence-corrected chi connectivity index (χ3v) is 4.43. The molecule has 1 aliphatic rings. The molecule has 19 heavy (non-hydrogen) atoms. The van der Waals surface area contributed by atoms with Crippen molar-refractivity contribution in [3.8, 4) is 0 Å². The minimum absolute atomic E-state index is 0.750. The predicted octanol–water partition coefficient (Wildman–Crippen LogP) is 3.80. The number of nitrogens with zero attached hydrogens (tertiary/aromatic N) is 1. The topological polar surface area (TPSA) is 29.3 Å². The van der Waals surface area contributed by atoms with E-state index in [9.17, 15) is 0 Å². The fourth-order valence-electron chi connectivity index (χ4n) is 2.46. The lowest BCUT2D eigenvalue weighted by Crippen LogP contribution is -2.25. The largest absolute Gasteiger partial charge is 0.398 e. The highest BCUT2D eigenvalue weighted by molar-refractivity contribution is 7.07. The molecule has 0 bridgehead atoms. The van der Waals surface area contributed by atoms with Crippen molar-refractivity contribution in [2.45, 2.75) is 38.9 Å². The van der Waals surface area contributed by atoms with E-state index in [-0.39, 0.29) is 0 Å². The molecule has 1 aliphatic carbocycles. The second-order valence-corrected chi connectivity index (χ2v) is 6.25. The Kier molecular flexibility index (Phi) is 3.58. The van der Waals surface area contributed by atoms with Crippen molar-refractivity contribution in [1.29, 1.82) is 0 Å². The highest BCUT2D eigenvalue weighted by atomic mass is 32.1. The number of nitrogen functional groups attached to an aromatic ring is 1. The summed E-state index contributed by atoms with van der Waals surface area (Å²) in [5, 5.41) is 4.40. The zero-order chi connectivity index (χ0) is 13.2. The van der Waals surface area contributed by atoms with Gasteiger partial charge in [-0.05, 0) is 53.8 Å². The summed E-state index contributed by atoms with van der Waals surface area (Å²) in [5.41, 5.74) is 11.0. The third-order valence-electron chi connectivity index (χ3n) is 3.70. The summed E-state index contributed by atoms with van der Waals surface area (Å²) >= 11 is 1.77. The summed E-state index contributed by atoms with van der Waals surface area (Å²) in [7, 11) is 0. The molecule has 1 heterocycles. The molecule has 3 rings (SSSR count). The monoisotopic (exact) mass is 272 g/mol. The van der Waals surface area contributed by atoms with Crippen molar-refractivity contribution in [2.75, 3.05) is 5.73 Å².